The number of aryl methyl sites for hydroxylation is 1. The summed E-state index contributed by atoms with van der Waals surface area (Å²) in [5.74, 6) is 0. The number of hydrogen-bond donors (Lipinski definition) is 0. The van der Waals surface area contributed by atoms with Gasteiger partial charge in [0.1, 0.15) is 0 Å². The van der Waals surface area contributed by atoms with Gasteiger partial charge in [-0.2, -0.15) is 13.2 Å². The summed E-state index contributed by atoms with van der Waals surface area (Å²) in [5.41, 5.74) is -0.0644. The molecule has 0 amide bonds. The van der Waals surface area contributed by atoms with Crippen molar-refractivity contribution < 1.29 is 13.2 Å². The lowest BCUT2D eigenvalue weighted by Gasteiger charge is -1.98. The molecule has 6 heteroatoms. The van der Waals surface area contributed by atoms with Gasteiger partial charge >= 0.3 is 6.18 Å². The second-order valence-corrected chi connectivity index (χ2v) is 3.49. The molecule has 2 aromatic rings. The molecule has 2 aromatic heterocycles. The van der Waals surface area contributed by atoms with Gasteiger partial charge in [-0.15, -0.1) is 11.3 Å². The van der Waals surface area contributed by atoms with E-state index in [0.29, 0.717) is 4.96 Å². The fraction of sp³-hybridized carbons (Fsp3) is 0.286. The Bertz CT molecular complexity index is 440. The van der Waals surface area contributed by atoms with Gasteiger partial charge in [0.2, 0.25) is 0 Å². The Labute approximate surface area is 75.6 Å². The molecule has 0 aliphatic rings. The second-order valence-electron chi connectivity index (χ2n) is 2.65. The molecule has 0 N–H and O–H groups in total. The topological polar surface area (TPSA) is 17.3 Å². The van der Waals surface area contributed by atoms with Crippen LogP contribution in [0.15, 0.2) is 11.6 Å². The van der Waals surface area contributed by atoms with Crippen molar-refractivity contribution in [2.75, 3.05) is 0 Å². The fourth-order valence-corrected chi connectivity index (χ4v) is 1.88. The zero-order valence-electron chi connectivity index (χ0n) is 6.59. The maximum Gasteiger partial charge on any atom is 0.434 e. The van der Waals surface area contributed by atoms with Crippen LogP contribution in [0.2, 0.25) is 0 Å². The van der Waals surface area contributed by atoms with Crippen molar-refractivity contribution in [1.82, 2.24) is 9.38 Å². The first-order chi connectivity index (χ1) is 5.98. The average Bonchev–Trinajstić information content (AvgIpc) is 2.51. The summed E-state index contributed by atoms with van der Waals surface area (Å²) < 4.78 is 37.9. The van der Waals surface area contributed by atoms with E-state index >= 15 is 0 Å². The number of fused-ring (bicyclic) bond motifs is 1. The van der Waals surface area contributed by atoms with Gasteiger partial charge < -0.3 is 0 Å². The zero-order valence-corrected chi connectivity index (χ0v) is 7.41. The summed E-state index contributed by atoms with van der Waals surface area (Å²) >= 11 is 1.20. The van der Waals surface area contributed by atoms with Gasteiger partial charge in [-0.3, -0.25) is 4.40 Å². The molecule has 0 aliphatic heterocycles. The summed E-state index contributed by atoms with van der Waals surface area (Å²) in [6.45, 7) is 1.74. The van der Waals surface area contributed by atoms with Crippen LogP contribution in [0.3, 0.4) is 0 Å². The number of nitrogens with zero attached hydrogens (tertiary/aromatic N) is 2. The number of rotatable bonds is 0. The number of thiazole rings is 1. The molecule has 70 valence electrons. The van der Waals surface area contributed by atoms with Crippen molar-refractivity contribution in [3.8, 4) is 0 Å². The Morgan fingerprint density at radius 2 is 2.15 bits per heavy atom. The lowest BCUT2D eigenvalue weighted by atomic mass is 10.5. The Hall–Kier alpha value is -1.04. The predicted molar refractivity (Wildman–Crippen MR) is 42.8 cm³/mol. The Kier molecular flexibility index (Phi) is 1.63. The van der Waals surface area contributed by atoms with Crippen molar-refractivity contribution in [2.24, 2.45) is 0 Å². The quantitative estimate of drug-likeness (QED) is 0.647. The number of alkyl halides is 3. The van der Waals surface area contributed by atoms with Gasteiger partial charge in [-0.25, -0.2) is 4.98 Å². The zero-order chi connectivity index (χ0) is 9.64. The van der Waals surface area contributed by atoms with E-state index in [1.165, 1.54) is 15.7 Å². The SMILES string of the molecule is Cc1csc2nc(C(F)(F)F)cn12. The van der Waals surface area contributed by atoms with Crippen LogP contribution >= 0.6 is 11.3 Å². The Morgan fingerprint density at radius 1 is 1.46 bits per heavy atom. The highest BCUT2D eigenvalue weighted by Crippen LogP contribution is 2.29. The van der Waals surface area contributed by atoms with Crippen LogP contribution in [0.1, 0.15) is 11.4 Å². The molecule has 0 unspecified atom stereocenters. The summed E-state index contributed by atoms with van der Waals surface area (Å²) in [4.78, 5) is 3.84. The van der Waals surface area contributed by atoms with Crippen molar-refractivity contribution in [3.63, 3.8) is 0 Å². The van der Waals surface area contributed by atoms with Crippen molar-refractivity contribution in [1.29, 1.82) is 0 Å². The first kappa shape index (κ1) is 8.55. The van der Waals surface area contributed by atoms with E-state index < -0.39 is 11.9 Å². The Morgan fingerprint density at radius 3 is 2.69 bits per heavy atom. The van der Waals surface area contributed by atoms with Crippen LogP contribution in [0.5, 0.6) is 0 Å². The standard InChI is InChI=1S/C7H5F3N2S/c1-4-3-13-6-11-5(2-12(4)6)7(8,9)10/h2-3H,1H3. The highest BCUT2D eigenvalue weighted by Gasteiger charge is 2.34. The smallest absolute Gasteiger partial charge is 0.294 e. The lowest BCUT2D eigenvalue weighted by Crippen LogP contribution is -2.04. The minimum absolute atomic E-state index is 0.379. The largest absolute Gasteiger partial charge is 0.434 e. The highest BCUT2D eigenvalue weighted by molar-refractivity contribution is 7.15. The lowest BCUT2D eigenvalue weighted by molar-refractivity contribution is -0.140. The number of halogens is 3. The summed E-state index contributed by atoms with van der Waals surface area (Å²) in [6.07, 6.45) is -3.33. The van der Waals surface area contributed by atoms with E-state index in [1.807, 2.05) is 0 Å². The van der Waals surface area contributed by atoms with Crippen molar-refractivity contribution in [3.05, 3.63) is 23.0 Å². The van der Waals surface area contributed by atoms with E-state index in [9.17, 15) is 13.2 Å². The first-order valence-electron chi connectivity index (χ1n) is 3.49. The van der Waals surface area contributed by atoms with Gasteiger partial charge in [0.05, 0.1) is 0 Å². The maximum absolute atomic E-state index is 12.2. The van der Waals surface area contributed by atoms with Gasteiger partial charge in [0, 0.05) is 17.3 Å². The van der Waals surface area contributed by atoms with Crippen molar-refractivity contribution in [2.45, 2.75) is 13.1 Å². The van der Waals surface area contributed by atoms with E-state index in [0.717, 1.165) is 11.9 Å². The van der Waals surface area contributed by atoms with Crippen LogP contribution in [-0.4, -0.2) is 9.38 Å². The molecule has 0 aliphatic carbocycles. The molecule has 0 saturated heterocycles. The predicted octanol–water partition coefficient (Wildman–Crippen LogP) is 2.72. The third-order valence-corrected chi connectivity index (χ3v) is 2.64. The molecule has 0 saturated carbocycles. The average molecular weight is 206 g/mol. The van der Waals surface area contributed by atoms with E-state index in [-0.39, 0.29) is 0 Å². The maximum atomic E-state index is 12.2. The van der Waals surface area contributed by atoms with Crippen LogP contribution in [-0.2, 0) is 6.18 Å². The molecule has 0 fully saturated rings. The second kappa shape index (κ2) is 2.47. The highest BCUT2D eigenvalue weighted by atomic mass is 32.1. The van der Waals surface area contributed by atoms with Gasteiger partial charge in [-0.1, -0.05) is 0 Å². The number of hydrogen-bond acceptors (Lipinski definition) is 2. The van der Waals surface area contributed by atoms with Crippen LogP contribution in [0.25, 0.3) is 4.96 Å². The van der Waals surface area contributed by atoms with Crippen LogP contribution in [0.4, 0.5) is 13.2 Å². The number of imidazole rings is 1. The molecule has 0 radical (unpaired) electrons. The fourth-order valence-electron chi connectivity index (χ4n) is 1.03. The van der Waals surface area contributed by atoms with Crippen LogP contribution < -0.4 is 0 Å². The normalized spacial score (nSPS) is 12.6. The molecule has 13 heavy (non-hydrogen) atoms. The third kappa shape index (κ3) is 1.31. The van der Waals surface area contributed by atoms with Gasteiger partial charge in [-0.05, 0) is 6.92 Å². The minimum atomic E-state index is -4.35. The molecule has 2 rings (SSSR count). The van der Waals surface area contributed by atoms with Crippen LogP contribution in [0, 0.1) is 6.92 Å². The van der Waals surface area contributed by atoms with E-state index in [4.69, 9.17) is 0 Å². The summed E-state index contributed by atoms with van der Waals surface area (Å²) in [5, 5.41) is 1.77. The summed E-state index contributed by atoms with van der Waals surface area (Å²) in [6, 6.07) is 0. The van der Waals surface area contributed by atoms with E-state index in [1.54, 1.807) is 12.3 Å². The molecular weight excluding hydrogens is 201 g/mol. The Balaban J connectivity index is 2.63. The van der Waals surface area contributed by atoms with Gasteiger partial charge in [0.15, 0.2) is 10.7 Å². The molecule has 0 atom stereocenters. The number of aromatic nitrogens is 2. The van der Waals surface area contributed by atoms with Crippen molar-refractivity contribution >= 4 is 16.3 Å². The molecule has 0 spiro atoms. The third-order valence-electron chi connectivity index (χ3n) is 1.68. The van der Waals surface area contributed by atoms with E-state index in [2.05, 4.69) is 4.98 Å². The van der Waals surface area contributed by atoms with Gasteiger partial charge in [0.25, 0.3) is 0 Å². The molecule has 2 heterocycles. The monoisotopic (exact) mass is 206 g/mol. The molecular formula is C7H5F3N2S. The summed E-state index contributed by atoms with van der Waals surface area (Å²) in [7, 11) is 0. The molecule has 2 nitrogen and oxygen atoms in total. The first-order valence-corrected chi connectivity index (χ1v) is 4.37. The molecule has 0 aromatic carbocycles. The minimum Gasteiger partial charge on any atom is -0.294 e. The molecule has 0 bridgehead atoms.